The Kier molecular flexibility index (Phi) is 5.28. The van der Waals surface area contributed by atoms with Crippen molar-refractivity contribution in [3.8, 4) is 0 Å². The lowest BCUT2D eigenvalue weighted by molar-refractivity contribution is -0.385. The molecule has 1 saturated heterocycles. The Morgan fingerprint density at radius 3 is 2.54 bits per heavy atom. The average Bonchev–Trinajstić information content (AvgIpc) is 3.10. The highest BCUT2D eigenvalue weighted by atomic mass is 79.9. The lowest BCUT2D eigenvalue weighted by atomic mass is 10.0. The number of carbonyl (C=O) groups excluding carboxylic acids is 1. The quantitative estimate of drug-likeness (QED) is 0.575. The molecule has 1 unspecified atom stereocenters. The van der Waals surface area contributed by atoms with Crippen LogP contribution in [0.15, 0.2) is 46.9 Å². The van der Waals surface area contributed by atoms with Gasteiger partial charge in [-0.05, 0) is 23.8 Å². The normalized spacial score (nSPS) is 16.5. The van der Waals surface area contributed by atoms with E-state index in [0.29, 0.717) is 12.3 Å². The molecule has 134 valence electrons. The van der Waals surface area contributed by atoms with Crippen molar-refractivity contribution in [3.63, 3.8) is 0 Å². The summed E-state index contributed by atoms with van der Waals surface area (Å²) in [4.78, 5) is 36.5. The third kappa shape index (κ3) is 3.45. The van der Waals surface area contributed by atoms with Crippen LogP contribution in [0.25, 0.3) is 0 Å². The van der Waals surface area contributed by atoms with Crippen LogP contribution in [0.5, 0.6) is 0 Å². The Morgan fingerprint density at radius 2 is 1.92 bits per heavy atom. The van der Waals surface area contributed by atoms with Crippen LogP contribution < -0.4 is 0 Å². The maximum absolute atomic E-state index is 13.0. The predicted molar refractivity (Wildman–Crippen MR) is 100 cm³/mol. The highest BCUT2D eigenvalue weighted by Gasteiger charge is 2.35. The van der Waals surface area contributed by atoms with Gasteiger partial charge in [0.15, 0.2) is 0 Å². The van der Waals surface area contributed by atoms with Crippen LogP contribution in [0.3, 0.4) is 0 Å². The molecule has 1 atom stereocenters. The first kappa shape index (κ1) is 18.4. The highest BCUT2D eigenvalue weighted by Crippen LogP contribution is 2.39. The monoisotopic (exact) mass is 436 g/mol. The molecule has 1 amide bonds. The van der Waals surface area contributed by atoms with E-state index in [9.17, 15) is 24.8 Å². The molecule has 1 heterocycles. The topological polar surface area (TPSA) is 101 Å². The van der Waals surface area contributed by atoms with E-state index in [1.807, 2.05) is 24.3 Å². The number of nitrogens with zero attached hydrogens (tertiary/aromatic N) is 2. The Labute approximate surface area is 161 Å². The third-order valence-corrected chi connectivity index (χ3v) is 5.78. The van der Waals surface area contributed by atoms with Gasteiger partial charge in [0.05, 0.1) is 10.5 Å². The molecule has 9 heteroatoms. The van der Waals surface area contributed by atoms with E-state index in [1.54, 1.807) is 16.7 Å². The van der Waals surface area contributed by atoms with Gasteiger partial charge in [0.2, 0.25) is 0 Å². The fourth-order valence-corrected chi connectivity index (χ4v) is 4.35. The van der Waals surface area contributed by atoms with E-state index < -0.39 is 28.1 Å². The number of hydrogen-bond acceptors (Lipinski definition) is 5. The number of carbonyl (C=O) groups is 2. The summed E-state index contributed by atoms with van der Waals surface area (Å²) in [6.07, 6.45) is 0. The SMILES string of the molecule is O=C(O)c1c(C(=O)N2CCSC2c2ccc(Br)cc2)cccc1[N+](=O)[O-]. The number of carboxylic acids is 1. The van der Waals surface area contributed by atoms with Gasteiger partial charge in [-0.3, -0.25) is 14.9 Å². The molecular formula is C17H13BrN2O5S. The molecule has 0 bridgehead atoms. The predicted octanol–water partition coefficient (Wildman–Crippen LogP) is 3.94. The zero-order valence-electron chi connectivity index (χ0n) is 13.3. The van der Waals surface area contributed by atoms with Gasteiger partial charge in [0, 0.05) is 22.8 Å². The molecule has 1 N–H and O–H groups in total. The summed E-state index contributed by atoms with van der Waals surface area (Å²) in [6, 6.07) is 11.2. The lowest BCUT2D eigenvalue weighted by Crippen LogP contribution is -2.31. The molecule has 0 radical (unpaired) electrons. The van der Waals surface area contributed by atoms with Crippen LogP contribution >= 0.6 is 27.7 Å². The van der Waals surface area contributed by atoms with E-state index >= 15 is 0 Å². The minimum Gasteiger partial charge on any atom is -0.477 e. The molecule has 2 aromatic rings. The molecule has 0 spiro atoms. The van der Waals surface area contributed by atoms with E-state index in [4.69, 9.17) is 0 Å². The molecule has 3 rings (SSSR count). The smallest absolute Gasteiger partial charge is 0.343 e. The molecule has 7 nitrogen and oxygen atoms in total. The van der Waals surface area contributed by atoms with Crippen molar-refractivity contribution in [3.05, 3.63) is 73.7 Å². The average molecular weight is 437 g/mol. The summed E-state index contributed by atoms with van der Waals surface area (Å²) in [5.74, 6) is -1.32. The lowest BCUT2D eigenvalue weighted by Gasteiger charge is -2.24. The van der Waals surface area contributed by atoms with Crippen LogP contribution in [-0.2, 0) is 0 Å². The molecule has 0 aromatic heterocycles. The van der Waals surface area contributed by atoms with E-state index in [1.165, 1.54) is 12.1 Å². The minimum absolute atomic E-state index is 0.170. The van der Waals surface area contributed by atoms with Crippen LogP contribution in [0.4, 0.5) is 5.69 Å². The van der Waals surface area contributed by atoms with Gasteiger partial charge >= 0.3 is 5.97 Å². The molecular weight excluding hydrogens is 424 g/mol. The molecule has 1 aliphatic heterocycles. The molecule has 0 saturated carbocycles. The van der Waals surface area contributed by atoms with Crippen molar-refractivity contribution in [1.82, 2.24) is 4.90 Å². The Morgan fingerprint density at radius 1 is 1.23 bits per heavy atom. The Bertz CT molecular complexity index is 887. The maximum Gasteiger partial charge on any atom is 0.343 e. The number of nitro benzene ring substituents is 1. The number of nitro groups is 1. The summed E-state index contributed by atoms with van der Waals surface area (Å²) in [7, 11) is 0. The largest absolute Gasteiger partial charge is 0.477 e. The van der Waals surface area contributed by atoms with Crippen LogP contribution in [0.1, 0.15) is 31.7 Å². The van der Waals surface area contributed by atoms with Gasteiger partial charge in [-0.15, -0.1) is 11.8 Å². The molecule has 2 aromatic carbocycles. The first-order valence-corrected chi connectivity index (χ1v) is 9.43. The second-order valence-corrected chi connectivity index (χ2v) is 7.64. The first-order chi connectivity index (χ1) is 12.4. The van der Waals surface area contributed by atoms with Crippen LogP contribution in [-0.4, -0.2) is 39.1 Å². The van der Waals surface area contributed by atoms with Crippen molar-refractivity contribution in [2.45, 2.75) is 5.37 Å². The number of aromatic carboxylic acids is 1. The number of benzene rings is 2. The Balaban J connectivity index is 2.01. The van der Waals surface area contributed by atoms with Crippen molar-refractivity contribution in [2.24, 2.45) is 0 Å². The fourth-order valence-electron chi connectivity index (χ4n) is 2.83. The highest BCUT2D eigenvalue weighted by molar-refractivity contribution is 9.10. The number of rotatable bonds is 4. The van der Waals surface area contributed by atoms with Gasteiger partial charge in [-0.2, -0.15) is 0 Å². The second kappa shape index (κ2) is 7.46. The zero-order valence-corrected chi connectivity index (χ0v) is 15.7. The first-order valence-electron chi connectivity index (χ1n) is 7.59. The summed E-state index contributed by atoms with van der Waals surface area (Å²) in [5, 5.41) is 20.3. The zero-order chi connectivity index (χ0) is 18.8. The van der Waals surface area contributed by atoms with E-state index in [-0.39, 0.29) is 10.9 Å². The second-order valence-electron chi connectivity index (χ2n) is 5.54. The van der Waals surface area contributed by atoms with Crippen LogP contribution in [0, 0.1) is 10.1 Å². The van der Waals surface area contributed by atoms with Crippen molar-refractivity contribution in [1.29, 1.82) is 0 Å². The number of thioether (sulfide) groups is 1. The van der Waals surface area contributed by atoms with E-state index in [2.05, 4.69) is 15.9 Å². The summed E-state index contributed by atoms with van der Waals surface area (Å²) in [5.41, 5.74) is -0.424. The molecule has 1 fully saturated rings. The van der Waals surface area contributed by atoms with Crippen molar-refractivity contribution >= 4 is 45.3 Å². The molecule has 26 heavy (non-hydrogen) atoms. The maximum atomic E-state index is 13.0. The standard InChI is InChI=1S/C17H13BrN2O5S/c18-11-6-4-10(5-7-11)16-19(8-9-26-16)15(21)12-2-1-3-13(20(24)25)14(12)17(22)23/h1-7,16H,8-9H2,(H,22,23). The fraction of sp³-hybridized carbons (Fsp3) is 0.176. The summed E-state index contributed by atoms with van der Waals surface area (Å²) in [6.45, 7) is 0.436. The Hall–Kier alpha value is -2.39. The number of hydrogen-bond donors (Lipinski definition) is 1. The van der Waals surface area contributed by atoms with Gasteiger partial charge in [0.25, 0.3) is 11.6 Å². The number of halogens is 1. The third-order valence-electron chi connectivity index (χ3n) is 3.99. The van der Waals surface area contributed by atoms with Gasteiger partial charge in [0.1, 0.15) is 10.9 Å². The van der Waals surface area contributed by atoms with Crippen LogP contribution in [0.2, 0.25) is 0 Å². The summed E-state index contributed by atoms with van der Waals surface area (Å²) < 4.78 is 0.911. The van der Waals surface area contributed by atoms with Crippen molar-refractivity contribution in [2.75, 3.05) is 12.3 Å². The number of amides is 1. The van der Waals surface area contributed by atoms with Crippen molar-refractivity contribution < 1.29 is 19.6 Å². The number of carboxylic acid groups (broad SMARTS) is 1. The summed E-state index contributed by atoms with van der Waals surface area (Å²) >= 11 is 4.93. The van der Waals surface area contributed by atoms with E-state index in [0.717, 1.165) is 16.1 Å². The molecule has 1 aliphatic rings. The minimum atomic E-state index is -1.49. The molecule has 0 aliphatic carbocycles. The van der Waals surface area contributed by atoms with Gasteiger partial charge < -0.3 is 10.0 Å². The van der Waals surface area contributed by atoms with Gasteiger partial charge in [-0.1, -0.05) is 34.1 Å². The van der Waals surface area contributed by atoms with Gasteiger partial charge in [-0.25, -0.2) is 4.79 Å².